The van der Waals surface area contributed by atoms with Gasteiger partial charge in [0, 0.05) is 57.3 Å². The molecule has 0 atom stereocenters. The van der Waals surface area contributed by atoms with Crippen molar-refractivity contribution in [2.24, 2.45) is 5.92 Å². The zero-order valence-electron chi connectivity index (χ0n) is 19.6. The van der Waals surface area contributed by atoms with Crippen LogP contribution in [0, 0.1) is 12.8 Å². The first-order valence-electron chi connectivity index (χ1n) is 12.0. The fourth-order valence-electron chi connectivity index (χ4n) is 4.55. The molecule has 0 radical (unpaired) electrons. The lowest BCUT2D eigenvalue weighted by atomic mass is 9.96. The molecule has 0 saturated carbocycles. The SMILES string of the molecule is CCN(CCCNC(=O)C1CCN(c2nnc(N3CCCC3=O)s2)CC1)c1cccc(C)c1. The van der Waals surface area contributed by atoms with Gasteiger partial charge in [-0.15, -0.1) is 10.2 Å². The van der Waals surface area contributed by atoms with Gasteiger partial charge in [0.1, 0.15) is 0 Å². The molecule has 2 aliphatic rings. The van der Waals surface area contributed by atoms with Crippen molar-refractivity contribution in [3.8, 4) is 0 Å². The molecule has 0 aliphatic carbocycles. The monoisotopic (exact) mass is 470 g/mol. The molecule has 0 unspecified atom stereocenters. The largest absolute Gasteiger partial charge is 0.372 e. The first kappa shape index (κ1) is 23.5. The lowest BCUT2D eigenvalue weighted by Gasteiger charge is -2.30. The van der Waals surface area contributed by atoms with E-state index in [0.717, 1.165) is 63.5 Å². The van der Waals surface area contributed by atoms with Crippen molar-refractivity contribution in [3.63, 3.8) is 0 Å². The van der Waals surface area contributed by atoms with Crippen LogP contribution in [0.3, 0.4) is 0 Å². The maximum Gasteiger partial charge on any atom is 0.228 e. The van der Waals surface area contributed by atoms with Gasteiger partial charge < -0.3 is 15.1 Å². The number of carbonyl (C=O) groups is 2. The van der Waals surface area contributed by atoms with Crippen LogP contribution >= 0.6 is 11.3 Å². The molecule has 9 heteroatoms. The van der Waals surface area contributed by atoms with Gasteiger partial charge in [-0.25, -0.2) is 0 Å². The molecule has 2 amide bonds. The number of anilines is 3. The predicted octanol–water partition coefficient (Wildman–Crippen LogP) is 3.22. The van der Waals surface area contributed by atoms with E-state index in [-0.39, 0.29) is 17.7 Å². The topological polar surface area (TPSA) is 81.7 Å². The first-order chi connectivity index (χ1) is 16.0. The number of nitrogens with zero attached hydrogens (tertiary/aromatic N) is 5. The second kappa shape index (κ2) is 11.0. The van der Waals surface area contributed by atoms with Crippen molar-refractivity contribution < 1.29 is 9.59 Å². The Balaban J connectivity index is 1.18. The Labute approximate surface area is 200 Å². The number of benzene rings is 1. The average Bonchev–Trinajstić information content (AvgIpc) is 3.48. The summed E-state index contributed by atoms with van der Waals surface area (Å²) in [5.41, 5.74) is 2.50. The third-order valence-electron chi connectivity index (χ3n) is 6.50. The molecule has 1 aromatic heterocycles. The quantitative estimate of drug-likeness (QED) is 0.567. The first-order valence-corrected chi connectivity index (χ1v) is 12.8. The average molecular weight is 471 g/mol. The van der Waals surface area contributed by atoms with Gasteiger partial charge in [0.15, 0.2) is 0 Å². The second-order valence-corrected chi connectivity index (χ2v) is 9.78. The molecule has 178 valence electrons. The Hall–Kier alpha value is -2.68. The van der Waals surface area contributed by atoms with Crippen LogP contribution in [-0.4, -0.2) is 61.3 Å². The number of rotatable bonds is 9. The molecule has 2 aliphatic heterocycles. The fraction of sp³-hybridized carbons (Fsp3) is 0.583. The van der Waals surface area contributed by atoms with E-state index in [1.54, 1.807) is 4.90 Å². The van der Waals surface area contributed by atoms with Crippen molar-refractivity contribution in [1.29, 1.82) is 0 Å². The molecule has 33 heavy (non-hydrogen) atoms. The van der Waals surface area contributed by atoms with Gasteiger partial charge in [0.05, 0.1) is 0 Å². The van der Waals surface area contributed by atoms with Crippen LogP contribution < -0.4 is 20.0 Å². The Kier molecular flexibility index (Phi) is 7.80. The van der Waals surface area contributed by atoms with E-state index in [4.69, 9.17) is 0 Å². The van der Waals surface area contributed by atoms with Crippen LogP contribution in [0.15, 0.2) is 24.3 Å². The molecular formula is C24H34N6O2S. The third kappa shape index (κ3) is 5.82. The van der Waals surface area contributed by atoms with Crippen LogP contribution in [0.2, 0.25) is 0 Å². The van der Waals surface area contributed by atoms with E-state index >= 15 is 0 Å². The normalized spacial score (nSPS) is 17.0. The maximum atomic E-state index is 12.7. The second-order valence-electron chi connectivity index (χ2n) is 8.84. The van der Waals surface area contributed by atoms with Gasteiger partial charge in [0.2, 0.25) is 22.1 Å². The van der Waals surface area contributed by atoms with Crippen molar-refractivity contribution in [2.45, 2.75) is 46.0 Å². The number of amides is 2. The molecule has 2 saturated heterocycles. The summed E-state index contributed by atoms with van der Waals surface area (Å²) in [7, 11) is 0. The summed E-state index contributed by atoms with van der Waals surface area (Å²) in [6, 6.07) is 8.56. The van der Waals surface area contributed by atoms with E-state index < -0.39 is 0 Å². The Morgan fingerprint density at radius 1 is 1.21 bits per heavy atom. The molecule has 1 N–H and O–H groups in total. The Bertz CT molecular complexity index is 956. The molecule has 8 nitrogen and oxygen atoms in total. The maximum absolute atomic E-state index is 12.7. The summed E-state index contributed by atoms with van der Waals surface area (Å²) >= 11 is 1.47. The summed E-state index contributed by atoms with van der Waals surface area (Å²) in [6.07, 6.45) is 4.03. The summed E-state index contributed by atoms with van der Waals surface area (Å²) in [5.74, 6) is 0.343. The van der Waals surface area contributed by atoms with Crippen molar-refractivity contribution in [1.82, 2.24) is 15.5 Å². The number of piperidine rings is 1. The van der Waals surface area contributed by atoms with Crippen molar-refractivity contribution in [3.05, 3.63) is 29.8 Å². The number of nitrogens with one attached hydrogen (secondary N) is 1. The number of carbonyl (C=O) groups excluding carboxylic acids is 2. The highest BCUT2D eigenvalue weighted by Gasteiger charge is 2.29. The summed E-state index contributed by atoms with van der Waals surface area (Å²) in [5, 5.41) is 13.2. The molecule has 0 bridgehead atoms. The van der Waals surface area contributed by atoms with Gasteiger partial charge in [0.25, 0.3) is 0 Å². The van der Waals surface area contributed by atoms with Crippen LogP contribution in [0.5, 0.6) is 0 Å². The van der Waals surface area contributed by atoms with Crippen LogP contribution in [-0.2, 0) is 9.59 Å². The van der Waals surface area contributed by atoms with E-state index in [9.17, 15) is 9.59 Å². The molecule has 1 aromatic carbocycles. The van der Waals surface area contributed by atoms with Crippen molar-refractivity contribution in [2.75, 3.05) is 54.0 Å². The minimum absolute atomic E-state index is 0.0489. The van der Waals surface area contributed by atoms with Crippen LogP contribution in [0.1, 0.15) is 44.6 Å². The van der Waals surface area contributed by atoms with Crippen LogP contribution in [0.25, 0.3) is 0 Å². The van der Waals surface area contributed by atoms with E-state index in [1.807, 2.05) is 0 Å². The minimum Gasteiger partial charge on any atom is -0.372 e. The third-order valence-corrected chi connectivity index (χ3v) is 7.50. The van der Waals surface area contributed by atoms with Gasteiger partial charge in [-0.3, -0.25) is 14.5 Å². The molecule has 2 fully saturated rings. The Morgan fingerprint density at radius 2 is 2.00 bits per heavy atom. The molecular weight excluding hydrogens is 436 g/mol. The fourth-order valence-corrected chi connectivity index (χ4v) is 5.49. The van der Waals surface area contributed by atoms with Gasteiger partial charge >= 0.3 is 0 Å². The molecule has 4 rings (SSSR count). The summed E-state index contributed by atoms with van der Waals surface area (Å²) < 4.78 is 0. The zero-order valence-corrected chi connectivity index (χ0v) is 20.4. The van der Waals surface area contributed by atoms with Crippen molar-refractivity contribution >= 4 is 39.1 Å². The Morgan fingerprint density at radius 3 is 2.70 bits per heavy atom. The van der Waals surface area contributed by atoms with E-state index in [2.05, 4.69) is 63.4 Å². The lowest BCUT2D eigenvalue weighted by Crippen LogP contribution is -2.41. The number of hydrogen-bond acceptors (Lipinski definition) is 7. The zero-order chi connectivity index (χ0) is 23.2. The highest BCUT2D eigenvalue weighted by molar-refractivity contribution is 7.19. The van der Waals surface area contributed by atoms with E-state index in [1.165, 1.54) is 22.6 Å². The molecule has 0 spiro atoms. The highest BCUT2D eigenvalue weighted by Crippen LogP contribution is 2.32. The summed E-state index contributed by atoms with van der Waals surface area (Å²) in [4.78, 5) is 30.9. The molecule has 3 heterocycles. The van der Waals surface area contributed by atoms with Gasteiger partial charge in [-0.05, 0) is 57.2 Å². The lowest BCUT2D eigenvalue weighted by molar-refractivity contribution is -0.125. The van der Waals surface area contributed by atoms with E-state index in [0.29, 0.717) is 18.1 Å². The smallest absolute Gasteiger partial charge is 0.228 e. The van der Waals surface area contributed by atoms with Crippen LogP contribution in [0.4, 0.5) is 16.0 Å². The highest BCUT2D eigenvalue weighted by atomic mass is 32.1. The number of hydrogen-bond donors (Lipinski definition) is 1. The standard InChI is InChI=1S/C24H34N6O2S/c1-3-28(20-8-4-7-18(2)17-20)13-6-12-25-22(32)19-10-15-29(16-11-19)23-26-27-24(33-23)30-14-5-9-21(30)31/h4,7-8,17,19H,3,5-6,9-16H2,1-2H3,(H,25,32). The number of aryl methyl sites for hydroxylation is 1. The summed E-state index contributed by atoms with van der Waals surface area (Å²) in [6.45, 7) is 9.17. The minimum atomic E-state index is 0.0489. The van der Waals surface area contributed by atoms with Gasteiger partial charge in [-0.1, -0.05) is 23.5 Å². The van der Waals surface area contributed by atoms with Gasteiger partial charge in [-0.2, -0.15) is 0 Å². The predicted molar refractivity (Wildman–Crippen MR) is 133 cm³/mol. The molecule has 2 aromatic rings. The number of aromatic nitrogens is 2.